The monoisotopic (exact) mass is 247 g/mol. The van der Waals surface area contributed by atoms with E-state index in [0.29, 0.717) is 19.4 Å². The standard InChI is InChI=1S/C10H12F3N3O/c11-10(12,13)6-15-9(17)7-1-3-16-4-2-14-8(16)5-7/h2,4,7H,1,3,5-6H2,(H,15,17). The minimum Gasteiger partial charge on any atom is -0.347 e. The van der Waals surface area contributed by atoms with E-state index in [2.05, 4.69) is 4.98 Å². The van der Waals surface area contributed by atoms with Gasteiger partial charge in [-0.2, -0.15) is 13.2 Å². The summed E-state index contributed by atoms with van der Waals surface area (Å²) in [6.07, 6.45) is 0.0248. The van der Waals surface area contributed by atoms with Gasteiger partial charge in [0.2, 0.25) is 5.91 Å². The summed E-state index contributed by atoms with van der Waals surface area (Å²) in [4.78, 5) is 15.6. The van der Waals surface area contributed by atoms with Crippen molar-refractivity contribution in [2.45, 2.75) is 25.6 Å². The summed E-state index contributed by atoms with van der Waals surface area (Å²) in [5, 5.41) is 1.91. The van der Waals surface area contributed by atoms with E-state index >= 15 is 0 Å². The Morgan fingerprint density at radius 2 is 2.35 bits per heavy atom. The molecule has 0 bridgehead atoms. The summed E-state index contributed by atoms with van der Waals surface area (Å²) in [6.45, 7) is -0.643. The topological polar surface area (TPSA) is 46.9 Å². The van der Waals surface area contributed by atoms with Gasteiger partial charge in [-0.05, 0) is 6.42 Å². The van der Waals surface area contributed by atoms with E-state index in [0.717, 1.165) is 5.82 Å². The van der Waals surface area contributed by atoms with Crippen molar-refractivity contribution in [3.05, 3.63) is 18.2 Å². The molecule has 0 spiro atoms. The van der Waals surface area contributed by atoms with Crippen molar-refractivity contribution in [1.29, 1.82) is 0 Å². The maximum Gasteiger partial charge on any atom is 0.405 e. The third-order valence-electron chi connectivity index (χ3n) is 2.78. The van der Waals surface area contributed by atoms with Crippen molar-refractivity contribution < 1.29 is 18.0 Å². The number of rotatable bonds is 2. The summed E-state index contributed by atoms with van der Waals surface area (Å²) in [5.74, 6) is -0.202. The molecule has 0 fully saturated rings. The molecule has 94 valence electrons. The number of aryl methyl sites for hydroxylation is 1. The molecule has 1 atom stereocenters. The largest absolute Gasteiger partial charge is 0.405 e. The van der Waals surface area contributed by atoms with Gasteiger partial charge < -0.3 is 9.88 Å². The lowest BCUT2D eigenvalue weighted by Gasteiger charge is -2.22. The van der Waals surface area contributed by atoms with Crippen LogP contribution < -0.4 is 5.32 Å². The fraction of sp³-hybridized carbons (Fsp3) is 0.600. The van der Waals surface area contributed by atoms with E-state index in [1.165, 1.54) is 0 Å². The number of imidazole rings is 1. The van der Waals surface area contributed by atoms with Crippen molar-refractivity contribution in [3.8, 4) is 0 Å². The molecular weight excluding hydrogens is 235 g/mol. The summed E-state index contributed by atoms with van der Waals surface area (Å²) >= 11 is 0. The predicted molar refractivity (Wildman–Crippen MR) is 53.1 cm³/mol. The lowest BCUT2D eigenvalue weighted by molar-refractivity contribution is -0.141. The molecule has 2 rings (SSSR count). The molecule has 0 saturated carbocycles. The highest BCUT2D eigenvalue weighted by Crippen LogP contribution is 2.20. The van der Waals surface area contributed by atoms with Crippen LogP contribution in [-0.4, -0.2) is 28.2 Å². The quantitative estimate of drug-likeness (QED) is 0.851. The SMILES string of the molecule is O=C(NCC(F)(F)F)C1CCn2ccnc2C1. The molecule has 1 amide bonds. The second kappa shape index (κ2) is 4.38. The molecule has 17 heavy (non-hydrogen) atoms. The molecule has 0 aromatic carbocycles. The zero-order valence-corrected chi connectivity index (χ0v) is 9.00. The van der Waals surface area contributed by atoms with E-state index in [1.54, 1.807) is 12.4 Å². The molecular formula is C10H12F3N3O. The van der Waals surface area contributed by atoms with E-state index < -0.39 is 24.5 Å². The number of aromatic nitrogens is 2. The van der Waals surface area contributed by atoms with Crippen molar-refractivity contribution in [3.63, 3.8) is 0 Å². The number of halogens is 3. The lowest BCUT2D eigenvalue weighted by atomic mass is 9.97. The van der Waals surface area contributed by atoms with E-state index in [1.807, 2.05) is 9.88 Å². The molecule has 1 aliphatic rings. The Labute approximate surface area is 95.8 Å². The van der Waals surface area contributed by atoms with Crippen LogP contribution in [0.5, 0.6) is 0 Å². The predicted octanol–water partition coefficient (Wildman–Crippen LogP) is 1.12. The molecule has 7 heteroatoms. The van der Waals surface area contributed by atoms with Gasteiger partial charge in [-0.1, -0.05) is 0 Å². The number of amides is 1. The van der Waals surface area contributed by atoms with Gasteiger partial charge in [0.1, 0.15) is 12.4 Å². The van der Waals surface area contributed by atoms with Crippen LogP contribution in [0.3, 0.4) is 0 Å². The Kier molecular flexibility index (Phi) is 3.08. The molecule has 4 nitrogen and oxygen atoms in total. The summed E-state index contributed by atoms with van der Waals surface area (Å²) in [7, 11) is 0. The molecule has 1 N–H and O–H groups in total. The van der Waals surface area contributed by atoms with Crippen LogP contribution >= 0.6 is 0 Å². The highest BCUT2D eigenvalue weighted by atomic mass is 19.4. The van der Waals surface area contributed by atoms with E-state index in [4.69, 9.17) is 0 Å². The first kappa shape index (κ1) is 11.9. The number of alkyl halides is 3. The summed E-state index contributed by atoms with van der Waals surface area (Å²) < 4.78 is 37.7. The smallest absolute Gasteiger partial charge is 0.347 e. The van der Waals surface area contributed by atoms with Gasteiger partial charge >= 0.3 is 6.18 Å². The molecule has 0 radical (unpaired) electrons. The van der Waals surface area contributed by atoms with Crippen molar-refractivity contribution in [2.24, 2.45) is 5.92 Å². The maximum absolute atomic E-state index is 11.9. The van der Waals surface area contributed by atoms with Crippen LogP contribution in [-0.2, 0) is 17.8 Å². The molecule has 1 aliphatic heterocycles. The van der Waals surface area contributed by atoms with Crippen molar-refractivity contribution in [1.82, 2.24) is 14.9 Å². The first-order chi connectivity index (χ1) is 7.96. The average molecular weight is 247 g/mol. The van der Waals surface area contributed by atoms with Gasteiger partial charge in [-0.25, -0.2) is 4.98 Å². The highest BCUT2D eigenvalue weighted by Gasteiger charge is 2.31. The van der Waals surface area contributed by atoms with Crippen LogP contribution in [0.15, 0.2) is 12.4 Å². The molecule has 1 aromatic rings. The fourth-order valence-electron chi connectivity index (χ4n) is 1.91. The van der Waals surface area contributed by atoms with Crippen molar-refractivity contribution >= 4 is 5.91 Å². The van der Waals surface area contributed by atoms with Crippen LogP contribution in [0.4, 0.5) is 13.2 Å². The maximum atomic E-state index is 11.9. The summed E-state index contributed by atoms with van der Waals surface area (Å²) in [5.41, 5.74) is 0. The minimum atomic E-state index is -4.36. The number of hydrogen-bond donors (Lipinski definition) is 1. The minimum absolute atomic E-state index is 0.399. The Morgan fingerprint density at radius 3 is 3.06 bits per heavy atom. The normalized spacial score (nSPS) is 19.8. The average Bonchev–Trinajstić information content (AvgIpc) is 2.71. The number of nitrogens with zero attached hydrogens (tertiary/aromatic N) is 2. The molecule has 2 heterocycles. The van der Waals surface area contributed by atoms with Gasteiger partial charge in [0.05, 0.1) is 0 Å². The third kappa shape index (κ3) is 2.98. The Bertz CT molecular complexity index is 413. The third-order valence-corrected chi connectivity index (χ3v) is 2.78. The fourth-order valence-corrected chi connectivity index (χ4v) is 1.91. The zero-order chi connectivity index (χ0) is 12.5. The Balaban J connectivity index is 1.90. The first-order valence-corrected chi connectivity index (χ1v) is 5.30. The second-order valence-electron chi connectivity index (χ2n) is 4.06. The number of hydrogen-bond acceptors (Lipinski definition) is 2. The Hall–Kier alpha value is -1.53. The van der Waals surface area contributed by atoms with Gasteiger partial charge in [0.15, 0.2) is 0 Å². The molecule has 1 unspecified atom stereocenters. The van der Waals surface area contributed by atoms with E-state index in [9.17, 15) is 18.0 Å². The van der Waals surface area contributed by atoms with Crippen molar-refractivity contribution in [2.75, 3.05) is 6.54 Å². The number of carbonyl (C=O) groups is 1. The van der Waals surface area contributed by atoms with Crippen LogP contribution in [0, 0.1) is 5.92 Å². The van der Waals surface area contributed by atoms with E-state index in [-0.39, 0.29) is 0 Å². The highest BCUT2D eigenvalue weighted by molar-refractivity contribution is 5.79. The molecule has 1 aromatic heterocycles. The van der Waals surface area contributed by atoms with Gasteiger partial charge in [0, 0.05) is 31.3 Å². The summed E-state index contributed by atoms with van der Waals surface area (Å²) in [6, 6.07) is 0. The van der Waals surface area contributed by atoms with Crippen LogP contribution in [0.1, 0.15) is 12.2 Å². The number of fused-ring (bicyclic) bond motifs is 1. The Morgan fingerprint density at radius 1 is 1.59 bits per heavy atom. The van der Waals surface area contributed by atoms with Crippen LogP contribution in [0.25, 0.3) is 0 Å². The van der Waals surface area contributed by atoms with Gasteiger partial charge in [-0.15, -0.1) is 0 Å². The van der Waals surface area contributed by atoms with Gasteiger partial charge in [0.25, 0.3) is 0 Å². The molecule has 0 saturated heterocycles. The first-order valence-electron chi connectivity index (χ1n) is 5.30. The number of carbonyl (C=O) groups excluding carboxylic acids is 1. The van der Waals surface area contributed by atoms with Crippen LogP contribution in [0.2, 0.25) is 0 Å². The lowest BCUT2D eigenvalue weighted by Crippen LogP contribution is -2.40. The number of nitrogens with one attached hydrogen (secondary N) is 1. The second-order valence-corrected chi connectivity index (χ2v) is 4.06. The molecule has 0 aliphatic carbocycles. The van der Waals surface area contributed by atoms with Gasteiger partial charge in [-0.3, -0.25) is 4.79 Å². The zero-order valence-electron chi connectivity index (χ0n) is 9.00.